The van der Waals surface area contributed by atoms with Crippen LogP contribution in [0.3, 0.4) is 0 Å². The average molecular weight is 253 g/mol. The molecule has 0 spiro atoms. The first kappa shape index (κ1) is 13.5. The number of fused-ring (bicyclic) bond motifs is 1. The summed E-state index contributed by atoms with van der Waals surface area (Å²) >= 11 is 0. The number of likely N-dealkylation sites (tertiary alicyclic amines) is 1. The summed E-state index contributed by atoms with van der Waals surface area (Å²) in [4.78, 5) is 26.0. The Morgan fingerprint density at radius 2 is 1.67 bits per heavy atom. The summed E-state index contributed by atoms with van der Waals surface area (Å²) in [5.41, 5.74) is 0. The Morgan fingerprint density at radius 3 is 2.06 bits per heavy atom. The van der Waals surface area contributed by atoms with Gasteiger partial charge < -0.3 is 5.11 Å². The lowest BCUT2D eigenvalue weighted by atomic mass is 9.81. The number of aliphatic hydroxyl groups excluding tert-OH is 1. The molecular formula is C14H23NO3. The van der Waals surface area contributed by atoms with Crippen LogP contribution in [0.15, 0.2) is 0 Å². The van der Waals surface area contributed by atoms with Crippen molar-refractivity contribution in [1.29, 1.82) is 0 Å². The van der Waals surface area contributed by atoms with Gasteiger partial charge in [-0.2, -0.15) is 0 Å². The number of carbonyl (C=O) groups excluding carboxylic acids is 2. The fraction of sp³-hybridized carbons (Fsp3) is 0.857. The first-order chi connectivity index (χ1) is 8.56. The smallest absolute Gasteiger partial charge is 0.233 e. The molecule has 2 amide bonds. The van der Waals surface area contributed by atoms with Crippen molar-refractivity contribution in [3.63, 3.8) is 0 Å². The van der Waals surface area contributed by atoms with Crippen LogP contribution in [0.2, 0.25) is 0 Å². The van der Waals surface area contributed by atoms with Gasteiger partial charge in [-0.3, -0.25) is 14.5 Å². The van der Waals surface area contributed by atoms with E-state index in [0.717, 1.165) is 25.7 Å². The molecule has 1 N–H and O–H groups in total. The van der Waals surface area contributed by atoms with Crippen LogP contribution < -0.4 is 0 Å². The molecule has 3 unspecified atom stereocenters. The summed E-state index contributed by atoms with van der Waals surface area (Å²) in [5, 5.41) is 9.46. The second kappa shape index (κ2) is 5.39. The van der Waals surface area contributed by atoms with E-state index in [1.54, 1.807) is 0 Å². The molecule has 4 nitrogen and oxygen atoms in total. The van der Waals surface area contributed by atoms with Crippen LogP contribution in [0.4, 0.5) is 0 Å². The van der Waals surface area contributed by atoms with Crippen molar-refractivity contribution in [1.82, 2.24) is 4.90 Å². The third kappa shape index (κ3) is 2.30. The molecule has 2 fully saturated rings. The van der Waals surface area contributed by atoms with Crippen molar-refractivity contribution in [2.24, 2.45) is 17.8 Å². The Hall–Kier alpha value is -0.900. The van der Waals surface area contributed by atoms with E-state index in [4.69, 9.17) is 0 Å². The molecule has 2 rings (SSSR count). The molecule has 4 heteroatoms. The molecule has 2 aliphatic rings. The molecule has 0 radical (unpaired) electrons. The highest BCUT2D eigenvalue weighted by Crippen LogP contribution is 2.39. The van der Waals surface area contributed by atoms with Gasteiger partial charge in [-0.15, -0.1) is 0 Å². The lowest BCUT2D eigenvalue weighted by molar-refractivity contribution is -0.144. The van der Waals surface area contributed by atoms with Crippen LogP contribution in [-0.2, 0) is 9.59 Å². The molecule has 1 aliphatic carbocycles. The molecule has 1 saturated heterocycles. The van der Waals surface area contributed by atoms with Gasteiger partial charge in [0.2, 0.25) is 11.8 Å². The Balaban J connectivity index is 2.16. The Bertz CT molecular complexity index is 316. The summed E-state index contributed by atoms with van der Waals surface area (Å²) in [5.74, 6) is 0.0825. The fourth-order valence-electron chi connectivity index (χ4n) is 3.35. The van der Waals surface area contributed by atoms with E-state index in [1.165, 1.54) is 4.90 Å². The third-order valence-corrected chi connectivity index (χ3v) is 4.19. The van der Waals surface area contributed by atoms with E-state index in [-0.39, 0.29) is 36.3 Å². The van der Waals surface area contributed by atoms with Gasteiger partial charge in [-0.1, -0.05) is 26.7 Å². The van der Waals surface area contributed by atoms with Crippen LogP contribution in [0.1, 0.15) is 46.0 Å². The van der Waals surface area contributed by atoms with Crippen molar-refractivity contribution in [3.8, 4) is 0 Å². The average Bonchev–Trinajstić information content (AvgIpc) is 2.60. The predicted molar refractivity (Wildman–Crippen MR) is 67.6 cm³/mol. The maximum absolute atomic E-state index is 12.3. The summed E-state index contributed by atoms with van der Waals surface area (Å²) in [6.45, 7) is 3.97. The Kier molecular flexibility index (Phi) is 4.05. The van der Waals surface area contributed by atoms with Crippen molar-refractivity contribution >= 4 is 11.8 Å². The van der Waals surface area contributed by atoms with E-state index < -0.39 is 0 Å². The molecule has 1 saturated carbocycles. The molecule has 0 aromatic heterocycles. The van der Waals surface area contributed by atoms with Crippen LogP contribution in [0.5, 0.6) is 0 Å². The number of nitrogens with zero attached hydrogens (tertiary/aromatic N) is 1. The number of rotatable bonds is 4. The van der Waals surface area contributed by atoms with Crippen molar-refractivity contribution in [2.45, 2.75) is 52.0 Å². The summed E-state index contributed by atoms with van der Waals surface area (Å²) in [7, 11) is 0. The molecular weight excluding hydrogens is 230 g/mol. The number of carbonyl (C=O) groups is 2. The second-order valence-corrected chi connectivity index (χ2v) is 6.01. The van der Waals surface area contributed by atoms with E-state index in [9.17, 15) is 14.7 Å². The lowest BCUT2D eigenvalue weighted by Crippen LogP contribution is -2.43. The summed E-state index contributed by atoms with van der Waals surface area (Å²) in [6.07, 6.45) is 4.45. The number of hydrogen-bond acceptors (Lipinski definition) is 3. The molecule has 18 heavy (non-hydrogen) atoms. The van der Waals surface area contributed by atoms with Gasteiger partial charge in [0, 0.05) is 0 Å². The largest absolute Gasteiger partial charge is 0.394 e. The number of hydrogen-bond donors (Lipinski definition) is 1. The van der Waals surface area contributed by atoms with Crippen molar-refractivity contribution < 1.29 is 14.7 Å². The van der Waals surface area contributed by atoms with Gasteiger partial charge in [0.15, 0.2) is 0 Å². The maximum atomic E-state index is 12.3. The van der Waals surface area contributed by atoms with Gasteiger partial charge in [0.1, 0.15) is 0 Å². The minimum absolute atomic E-state index is 0.0376. The predicted octanol–water partition coefficient (Wildman–Crippen LogP) is 1.57. The zero-order valence-electron chi connectivity index (χ0n) is 11.3. The standard InChI is InChI=1S/C14H23NO3/c1-9(2)7-10(8-16)15-13(17)11-5-3-4-6-12(11)14(15)18/h9-12,16H,3-8H2,1-2H3. The Morgan fingerprint density at radius 1 is 1.17 bits per heavy atom. The van der Waals surface area contributed by atoms with Crippen LogP contribution in [0, 0.1) is 17.8 Å². The highest BCUT2D eigenvalue weighted by Gasteiger charge is 2.50. The van der Waals surface area contributed by atoms with E-state index >= 15 is 0 Å². The van der Waals surface area contributed by atoms with E-state index in [2.05, 4.69) is 0 Å². The first-order valence-corrected chi connectivity index (χ1v) is 7.04. The van der Waals surface area contributed by atoms with Gasteiger partial charge >= 0.3 is 0 Å². The molecule has 102 valence electrons. The van der Waals surface area contributed by atoms with Crippen LogP contribution in [0.25, 0.3) is 0 Å². The minimum atomic E-state index is -0.324. The van der Waals surface area contributed by atoms with Gasteiger partial charge in [-0.05, 0) is 25.2 Å². The van der Waals surface area contributed by atoms with E-state index in [0.29, 0.717) is 12.3 Å². The number of amides is 2. The normalized spacial score (nSPS) is 29.9. The minimum Gasteiger partial charge on any atom is -0.394 e. The van der Waals surface area contributed by atoms with Gasteiger partial charge in [-0.25, -0.2) is 0 Å². The zero-order valence-corrected chi connectivity index (χ0v) is 11.3. The topological polar surface area (TPSA) is 57.6 Å². The summed E-state index contributed by atoms with van der Waals surface area (Å²) in [6, 6.07) is -0.324. The highest BCUT2D eigenvalue weighted by molar-refractivity contribution is 6.05. The van der Waals surface area contributed by atoms with Crippen molar-refractivity contribution in [2.75, 3.05) is 6.61 Å². The highest BCUT2D eigenvalue weighted by atomic mass is 16.3. The third-order valence-electron chi connectivity index (χ3n) is 4.19. The van der Waals surface area contributed by atoms with Crippen molar-refractivity contribution in [3.05, 3.63) is 0 Å². The molecule has 0 aromatic rings. The molecule has 3 atom stereocenters. The molecule has 0 bridgehead atoms. The first-order valence-electron chi connectivity index (χ1n) is 7.04. The zero-order chi connectivity index (χ0) is 13.3. The van der Waals surface area contributed by atoms with Crippen LogP contribution >= 0.6 is 0 Å². The monoisotopic (exact) mass is 253 g/mol. The molecule has 1 aliphatic heterocycles. The number of aliphatic hydroxyl groups is 1. The number of imide groups is 1. The SMILES string of the molecule is CC(C)CC(CO)N1C(=O)C2CCCCC2C1=O. The fourth-order valence-corrected chi connectivity index (χ4v) is 3.35. The van der Waals surface area contributed by atoms with Gasteiger partial charge in [0.25, 0.3) is 0 Å². The summed E-state index contributed by atoms with van der Waals surface area (Å²) < 4.78 is 0. The lowest BCUT2D eigenvalue weighted by Gasteiger charge is -2.26. The molecule has 0 aromatic carbocycles. The maximum Gasteiger partial charge on any atom is 0.233 e. The Labute approximate surface area is 108 Å². The van der Waals surface area contributed by atoms with E-state index in [1.807, 2.05) is 13.8 Å². The second-order valence-electron chi connectivity index (χ2n) is 6.01. The molecule has 1 heterocycles. The quantitative estimate of drug-likeness (QED) is 0.774. The van der Waals surface area contributed by atoms with Gasteiger partial charge in [0.05, 0.1) is 24.5 Å². The van der Waals surface area contributed by atoms with Crippen LogP contribution in [-0.4, -0.2) is 34.5 Å².